The van der Waals surface area contributed by atoms with Crippen molar-refractivity contribution in [3.05, 3.63) is 52.8 Å². The van der Waals surface area contributed by atoms with Crippen LogP contribution >= 0.6 is 11.6 Å². The van der Waals surface area contributed by atoms with Gasteiger partial charge < -0.3 is 15.4 Å². The summed E-state index contributed by atoms with van der Waals surface area (Å²) in [7, 11) is 1.64. The van der Waals surface area contributed by atoms with Crippen molar-refractivity contribution in [3.63, 3.8) is 0 Å². The van der Waals surface area contributed by atoms with Crippen LogP contribution in [-0.4, -0.2) is 31.2 Å². The Kier molecular flexibility index (Phi) is 6.38. The molecule has 1 aromatic heterocycles. The second kappa shape index (κ2) is 8.50. The lowest BCUT2D eigenvalue weighted by atomic mass is 10.2. The SMILES string of the molecule is COCCCNC(=O)c1ccc(Nc2ccc(C)c(Cl)c2)cn1. The average molecular weight is 334 g/mol. The first-order chi connectivity index (χ1) is 11.1. The fourth-order valence-corrected chi connectivity index (χ4v) is 2.13. The van der Waals surface area contributed by atoms with Crippen LogP contribution in [0.3, 0.4) is 0 Å². The van der Waals surface area contributed by atoms with E-state index in [1.54, 1.807) is 19.4 Å². The van der Waals surface area contributed by atoms with Gasteiger partial charge in [0, 0.05) is 31.0 Å². The van der Waals surface area contributed by atoms with Gasteiger partial charge >= 0.3 is 0 Å². The van der Waals surface area contributed by atoms with Gasteiger partial charge in [0.15, 0.2) is 0 Å². The number of halogens is 1. The van der Waals surface area contributed by atoms with E-state index >= 15 is 0 Å². The van der Waals surface area contributed by atoms with Crippen LogP contribution in [-0.2, 0) is 4.74 Å². The molecule has 1 amide bonds. The Balaban J connectivity index is 1.93. The van der Waals surface area contributed by atoms with E-state index in [4.69, 9.17) is 16.3 Å². The molecule has 0 saturated heterocycles. The third-order valence-electron chi connectivity index (χ3n) is 3.27. The monoisotopic (exact) mass is 333 g/mol. The smallest absolute Gasteiger partial charge is 0.269 e. The fourth-order valence-electron chi connectivity index (χ4n) is 1.95. The lowest BCUT2D eigenvalue weighted by Gasteiger charge is -2.09. The molecular weight excluding hydrogens is 314 g/mol. The Morgan fingerprint density at radius 2 is 2.04 bits per heavy atom. The van der Waals surface area contributed by atoms with Gasteiger partial charge in [-0.1, -0.05) is 17.7 Å². The predicted octanol–water partition coefficient (Wildman–Crippen LogP) is 3.55. The van der Waals surface area contributed by atoms with E-state index in [9.17, 15) is 4.79 Å². The van der Waals surface area contributed by atoms with Gasteiger partial charge in [-0.15, -0.1) is 0 Å². The number of nitrogens with one attached hydrogen (secondary N) is 2. The summed E-state index contributed by atoms with van der Waals surface area (Å²) >= 11 is 6.10. The molecule has 0 spiro atoms. The van der Waals surface area contributed by atoms with Crippen LogP contribution in [0.5, 0.6) is 0 Å². The van der Waals surface area contributed by atoms with Crippen molar-refractivity contribution in [2.75, 3.05) is 25.6 Å². The number of carbonyl (C=O) groups is 1. The molecule has 0 unspecified atom stereocenters. The fraction of sp³-hybridized carbons (Fsp3) is 0.294. The van der Waals surface area contributed by atoms with E-state index in [0.717, 1.165) is 23.4 Å². The topological polar surface area (TPSA) is 63.2 Å². The molecule has 0 fully saturated rings. The van der Waals surface area contributed by atoms with Gasteiger partial charge in [0.05, 0.1) is 11.9 Å². The van der Waals surface area contributed by atoms with Crippen molar-refractivity contribution < 1.29 is 9.53 Å². The molecule has 0 aliphatic rings. The van der Waals surface area contributed by atoms with Gasteiger partial charge in [0.1, 0.15) is 5.69 Å². The van der Waals surface area contributed by atoms with E-state index in [-0.39, 0.29) is 5.91 Å². The van der Waals surface area contributed by atoms with Crippen molar-refractivity contribution >= 4 is 28.9 Å². The quantitative estimate of drug-likeness (QED) is 0.760. The Hall–Kier alpha value is -2.11. The Morgan fingerprint density at radius 1 is 1.26 bits per heavy atom. The van der Waals surface area contributed by atoms with E-state index < -0.39 is 0 Å². The molecule has 6 heteroatoms. The van der Waals surface area contributed by atoms with E-state index in [2.05, 4.69) is 15.6 Å². The molecule has 1 aromatic carbocycles. The average Bonchev–Trinajstić information content (AvgIpc) is 2.55. The minimum atomic E-state index is -0.189. The first kappa shape index (κ1) is 17.2. The van der Waals surface area contributed by atoms with Crippen molar-refractivity contribution in [3.8, 4) is 0 Å². The number of methoxy groups -OCH3 is 1. The van der Waals surface area contributed by atoms with Gasteiger partial charge in [-0.3, -0.25) is 4.79 Å². The molecule has 1 heterocycles. The van der Waals surface area contributed by atoms with Crippen molar-refractivity contribution in [2.24, 2.45) is 0 Å². The third-order valence-corrected chi connectivity index (χ3v) is 3.67. The largest absolute Gasteiger partial charge is 0.385 e. The van der Waals surface area contributed by atoms with E-state index in [1.165, 1.54) is 0 Å². The van der Waals surface area contributed by atoms with Crippen LogP contribution in [0, 0.1) is 6.92 Å². The summed E-state index contributed by atoms with van der Waals surface area (Å²) in [6, 6.07) is 9.24. The highest BCUT2D eigenvalue weighted by atomic mass is 35.5. The predicted molar refractivity (Wildman–Crippen MR) is 92.5 cm³/mol. The zero-order valence-corrected chi connectivity index (χ0v) is 14.0. The molecule has 5 nitrogen and oxygen atoms in total. The number of pyridine rings is 1. The second-order valence-corrected chi connectivity index (χ2v) is 5.53. The molecule has 0 aliphatic carbocycles. The van der Waals surface area contributed by atoms with Gasteiger partial charge in [-0.05, 0) is 43.2 Å². The zero-order valence-electron chi connectivity index (χ0n) is 13.2. The molecule has 0 saturated carbocycles. The number of aryl methyl sites for hydroxylation is 1. The Labute approximate surface area is 141 Å². The lowest BCUT2D eigenvalue weighted by molar-refractivity contribution is 0.0943. The van der Waals surface area contributed by atoms with E-state index in [0.29, 0.717) is 23.9 Å². The molecule has 23 heavy (non-hydrogen) atoms. The summed E-state index contributed by atoms with van der Waals surface area (Å²) in [6.07, 6.45) is 2.40. The molecule has 2 N–H and O–H groups in total. The summed E-state index contributed by atoms with van der Waals surface area (Å²) in [4.78, 5) is 16.1. The maximum atomic E-state index is 11.9. The maximum Gasteiger partial charge on any atom is 0.269 e. The minimum absolute atomic E-state index is 0.189. The van der Waals surface area contributed by atoms with Crippen LogP contribution in [0.25, 0.3) is 0 Å². The minimum Gasteiger partial charge on any atom is -0.385 e. The van der Waals surface area contributed by atoms with Gasteiger partial charge in [-0.25, -0.2) is 4.98 Å². The molecule has 2 rings (SSSR count). The van der Waals surface area contributed by atoms with Crippen LogP contribution in [0.2, 0.25) is 5.02 Å². The molecular formula is C17H20ClN3O2. The van der Waals surface area contributed by atoms with Crippen molar-refractivity contribution in [1.82, 2.24) is 10.3 Å². The highest BCUT2D eigenvalue weighted by Crippen LogP contribution is 2.22. The number of hydrogen-bond donors (Lipinski definition) is 2. The number of hydrogen-bond acceptors (Lipinski definition) is 4. The normalized spacial score (nSPS) is 10.4. The first-order valence-electron chi connectivity index (χ1n) is 7.36. The van der Waals surface area contributed by atoms with Crippen LogP contribution in [0.1, 0.15) is 22.5 Å². The lowest BCUT2D eigenvalue weighted by Crippen LogP contribution is -2.26. The molecule has 2 aromatic rings. The molecule has 0 radical (unpaired) electrons. The van der Waals surface area contributed by atoms with Crippen LogP contribution in [0.4, 0.5) is 11.4 Å². The molecule has 0 atom stereocenters. The number of anilines is 2. The molecule has 0 bridgehead atoms. The summed E-state index contributed by atoms with van der Waals surface area (Å²) in [5.41, 5.74) is 3.07. The van der Waals surface area contributed by atoms with Gasteiger partial charge in [0.25, 0.3) is 5.91 Å². The molecule has 122 valence electrons. The van der Waals surface area contributed by atoms with Gasteiger partial charge in [-0.2, -0.15) is 0 Å². The number of rotatable bonds is 7. The first-order valence-corrected chi connectivity index (χ1v) is 7.74. The van der Waals surface area contributed by atoms with Crippen molar-refractivity contribution in [1.29, 1.82) is 0 Å². The Bertz CT molecular complexity index is 659. The summed E-state index contributed by atoms with van der Waals surface area (Å²) in [5, 5.41) is 6.70. The highest BCUT2D eigenvalue weighted by Gasteiger charge is 2.06. The number of benzene rings is 1. The maximum absolute atomic E-state index is 11.9. The summed E-state index contributed by atoms with van der Waals surface area (Å²) in [6.45, 7) is 3.14. The Morgan fingerprint density at radius 3 is 2.70 bits per heavy atom. The summed E-state index contributed by atoms with van der Waals surface area (Å²) < 4.78 is 4.93. The number of nitrogens with zero attached hydrogens (tertiary/aromatic N) is 1. The third kappa shape index (κ3) is 5.23. The zero-order chi connectivity index (χ0) is 16.7. The number of ether oxygens (including phenoxy) is 1. The number of amides is 1. The standard InChI is InChI=1S/C17H20ClN3O2/c1-12-4-5-13(10-15(12)18)21-14-6-7-16(20-11-14)17(22)19-8-3-9-23-2/h4-7,10-11,21H,3,8-9H2,1-2H3,(H,19,22). The highest BCUT2D eigenvalue weighted by molar-refractivity contribution is 6.31. The van der Waals surface area contributed by atoms with Crippen molar-refractivity contribution in [2.45, 2.75) is 13.3 Å². The van der Waals surface area contributed by atoms with Gasteiger partial charge in [0.2, 0.25) is 0 Å². The van der Waals surface area contributed by atoms with Crippen LogP contribution < -0.4 is 10.6 Å². The van der Waals surface area contributed by atoms with Crippen LogP contribution in [0.15, 0.2) is 36.5 Å². The number of carbonyl (C=O) groups excluding carboxylic acids is 1. The summed E-state index contributed by atoms with van der Waals surface area (Å²) in [5.74, 6) is -0.189. The number of aromatic nitrogens is 1. The van der Waals surface area contributed by atoms with E-state index in [1.807, 2.05) is 31.2 Å². The second-order valence-electron chi connectivity index (χ2n) is 5.12. The molecule has 0 aliphatic heterocycles.